The number of nitrogens with two attached hydrogens (primary N) is 1. The van der Waals surface area contributed by atoms with Gasteiger partial charge in [-0.15, -0.1) is 0 Å². The molecular weight excluding hydrogens is 212 g/mol. The van der Waals surface area contributed by atoms with Gasteiger partial charge < -0.3 is 0 Å². The third-order valence-electron chi connectivity index (χ3n) is 2.57. The van der Waals surface area contributed by atoms with Gasteiger partial charge in [-0.2, -0.15) is 5.10 Å². The van der Waals surface area contributed by atoms with Crippen molar-refractivity contribution in [3.8, 4) is 0 Å². The maximum absolute atomic E-state index is 6.05. The number of hydrazine groups is 1. The first kappa shape index (κ1) is 12.5. The quantitative estimate of drug-likeness (QED) is 0.447. The molecule has 3 N–H and O–H groups in total. The molecule has 0 aliphatic carbocycles. The summed E-state index contributed by atoms with van der Waals surface area (Å²) in [5.74, 6) is 5.53. The zero-order valence-corrected chi connectivity index (χ0v) is 10.1. The maximum Gasteiger partial charge on any atom is 0.0834 e. The van der Waals surface area contributed by atoms with Crippen molar-refractivity contribution < 1.29 is 0 Å². The van der Waals surface area contributed by atoms with Crippen LogP contribution in [0.2, 0.25) is 5.02 Å². The van der Waals surface area contributed by atoms with Gasteiger partial charge in [0.2, 0.25) is 0 Å². The Labute approximate surface area is 95.8 Å². The molecule has 1 unspecified atom stereocenters. The molecule has 0 amide bonds. The average Bonchev–Trinajstić information content (AvgIpc) is 2.55. The molecule has 0 radical (unpaired) electrons. The van der Waals surface area contributed by atoms with Gasteiger partial charge in [-0.05, 0) is 6.42 Å². The van der Waals surface area contributed by atoms with Crippen molar-refractivity contribution in [3.63, 3.8) is 0 Å². The van der Waals surface area contributed by atoms with Crippen molar-refractivity contribution in [2.45, 2.75) is 38.6 Å². The average molecular weight is 231 g/mol. The molecule has 0 bridgehead atoms. The minimum atomic E-state index is 0.0940. The number of unbranched alkanes of at least 4 members (excludes halogenated alkanes) is 2. The van der Waals surface area contributed by atoms with Crippen molar-refractivity contribution >= 4 is 11.6 Å². The Morgan fingerprint density at radius 3 is 2.80 bits per heavy atom. The monoisotopic (exact) mass is 230 g/mol. The van der Waals surface area contributed by atoms with Gasteiger partial charge in [0.05, 0.1) is 23.0 Å². The van der Waals surface area contributed by atoms with E-state index in [9.17, 15) is 0 Å². The molecule has 1 heterocycles. The van der Waals surface area contributed by atoms with Crippen LogP contribution in [0.15, 0.2) is 6.20 Å². The summed E-state index contributed by atoms with van der Waals surface area (Å²) < 4.78 is 1.78. The van der Waals surface area contributed by atoms with Gasteiger partial charge in [-0.3, -0.25) is 16.0 Å². The van der Waals surface area contributed by atoms with Crippen LogP contribution in [0.25, 0.3) is 0 Å². The number of halogens is 1. The highest BCUT2D eigenvalue weighted by molar-refractivity contribution is 6.31. The second kappa shape index (κ2) is 6.10. The van der Waals surface area contributed by atoms with E-state index < -0.39 is 0 Å². The molecule has 1 rings (SSSR count). The molecule has 0 saturated carbocycles. The van der Waals surface area contributed by atoms with E-state index in [1.165, 1.54) is 12.8 Å². The van der Waals surface area contributed by atoms with Gasteiger partial charge in [0.15, 0.2) is 0 Å². The molecule has 1 aromatic heterocycles. The topological polar surface area (TPSA) is 55.9 Å². The fraction of sp³-hybridized carbons (Fsp3) is 0.700. The summed E-state index contributed by atoms with van der Waals surface area (Å²) in [7, 11) is 1.88. The smallest absolute Gasteiger partial charge is 0.0834 e. The third-order valence-corrected chi connectivity index (χ3v) is 2.86. The summed E-state index contributed by atoms with van der Waals surface area (Å²) in [5.41, 5.74) is 3.77. The van der Waals surface area contributed by atoms with Gasteiger partial charge in [0.1, 0.15) is 0 Å². The molecule has 1 aromatic rings. The number of rotatable bonds is 6. The zero-order valence-electron chi connectivity index (χ0n) is 9.33. The highest BCUT2D eigenvalue weighted by atomic mass is 35.5. The van der Waals surface area contributed by atoms with E-state index in [1.807, 2.05) is 7.05 Å². The van der Waals surface area contributed by atoms with E-state index in [0.29, 0.717) is 5.02 Å². The van der Waals surface area contributed by atoms with Gasteiger partial charge in [-0.1, -0.05) is 37.8 Å². The molecule has 0 saturated heterocycles. The molecule has 0 spiro atoms. The summed E-state index contributed by atoms with van der Waals surface area (Å²) in [4.78, 5) is 0. The largest absolute Gasteiger partial charge is 0.271 e. The second-order valence-electron chi connectivity index (χ2n) is 3.72. The molecule has 86 valence electrons. The minimum Gasteiger partial charge on any atom is -0.271 e. The van der Waals surface area contributed by atoms with Crippen LogP contribution >= 0.6 is 11.6 Å². The van der Waals surface area contributed by atoms with Crippen LogP contribution in [-0.2, 0) is 7.05 Å². The van der Waals surface area contributed by atoms with Crippen molar-refractivity contribution in [2.75, 3.05) is 0 Å². The van der Waals surface area contributed by atoms with Crippen LogP contribution in [0.4, 0.5) is 0 Å². The zero-order chi connectivity index (χ0) is 11.3. The number of hydrogen-bond donors (Lipinski definition) is 2. The van der Waals surface area contributed by atoms with Crippen molar-refractivity contribution in [3.05, 3.63) is 16.9 Å². The number of aromatic nitrogens is 2. The lowest BCUT2D eigenvalue weighted by atomic mass is 10.1. The molecule has 15 heavy (non-hydrogen) atoms. The lowest BCUT2D eigenvalue weighted by Crippen LogP contribution is -2.29. The number of nitrogens with zero attached hydrogens (tertiary/aromatic N) is 2. The Hall–Kier alpha value is -0.580. The summed E-state index contributed by atoms with van der Waals surface area (Å²) >= 11 is 6.05. The van der Waals surface area contributed by atoms with E-state index in [0.717, 1.165) is 18.5 Å². The molecule has 5 heteroatoms. The maximum atomic E-state index is 6.05. The summed E-state index contributed by atoms with van der Waals surface area (Å²) in [6.07, 6.45) is 6.21. The van der Waals surface area contributed by atoms with E-state index >= 15 is 0 Å². The number of nitrogens with one attached hydrogen (secondary N) is 1. The summed E-state index contributed by atoms with van der Waals surface area (Å²) in [6, 6.07) is 0.0940. The predicted octanol–water partition coefficient (Wildman–Crippen LogP) is 2.16. The highest BCUT2D eigenvalue weighted by Crippen LogP contribution is 2.25. The number of aryl methyl sites for hydroxylation is 1. The Morgan fingerprint density at radius 1 is 1.60 bits per heavy atom. The fourth-order valence-electron chi connectivity index (χ4n) is 1.71. The Bertz CT molecular complexity index is 278. The van der Waals surface area contributed by atoms with Crippen molar-refractivity contribution in [1.82, 2.24) is 15.2 Å². The van der Waals surface area contributed by atoms with Crippen LogP contribution in [0.5, 0.6) is 0 Å². The van der Waals surface area contributed by atoms with Gasteiger partial charge >= 0.3 is 0 Å². The van der Waals surface area contributed by atoms with Gasteiger partial charge in [-0.25, -0.2) is 0 Å². The molecular formula is C10H19ClN4. The Morgan fingerprint density at radius 2 is 2.33 bits per heavy atom. The lowest BCUT2D eigenvalue weighted by molar-refractivity contribution is 0.458. The van der Waals surface area contributed by atoms with E-state index in [4.69, 9.17) is 17.4 Å². The van der Waals surface area contributed by atoms with E-state index in [2.05, 4.69) is 17.4 Å². The van der Waals surface area contributed by atoms with Crippen LogP contribution in [0.3, 0.4) is 0 Å². The molecule has 1 atom stereocenters. The first-order chi connectivity index (χ1) is 7.20. The molecule has 0 aliphatic rings. The molecule has 0 fully saturated rings. The van der Waals surface area contributed by atoms with Gasteiger partial charge in [0, 0.05) is 7.05 Å². The third kappa shape index (κ3) is 3.19. The summed E-state index contributed by atoms with van der Waals surface area (Å²) in [6.45, 7) is 2.18. The Kier molecular flexibility index (Phi) is 5.08. The van der Waals surface area contributed by atoms with Gasteiger partial charge in [0.25, 0.3) is 0 Å². The van der Waals surface area contributed by atoms with Crippen LogP contribution in [0, 0.1) is 0 Å². The first-order valence-electron chi connectivity index (χ1n) is 5.34. The highest BCUT2D eigenvalue weighted by Gasteiger charge is 2.17. The van der Waals surface area contributed by atoms with Crippen LogP contribution in [-0.4, -0.2) is 9.78 Å². The van der Waals surface area contributed by atoms with E-state index in [-0.39, 0.29) is 6.04 Å². The standard InChI is InChI=1S/C10H19ClN4/c1-3-4-5-6-9(14-12)10-8(11)7-13-15(10)2/h7,9,14H,3-6,12H2,1-2H3. The van der Waals surface area contributed by atoms with Crippen LogP contribution < -0.4 is 11.3 Å². The number of hydrogen-bond acceptors (Lipinski definition) is 3. The van der Waals surface area contributed by atoms with E-state index in [1.54, 1.807) is 10.9 Å². The van der Waals surface area contributed by atoms with Crippen molar-refractivity contribution in [2.24, 2.45) is 12.9 Å². The fourth-order valence-corrected chi connectivity index (χ4v) is 2.01. The van der Waals surface area contributed by atoms with Crippen LogP contribution in [0.1, 0.15) is 44.3 Å². The first-order valence-corrected chi connectivity index (χ1v) is 5.72. The second-order valence-corrected chi connectivity index (χ2v) is 4.12. The lowest BCUT2D eigenvalue weighted by Gasteiger charge is -2.16. The SMILES string of the molecule is CCCCCC(NN)c1c(Cl)cnn1C. The Balaban J connectivity index is 2.65. The van der Waals surface area contributed by atoms with Crippen molar-refractivity contribution in [1.29, 1.82) is 0 Å². The normalized spacial score (nSPS) is 13.1. The summed E-state index contributed by atoms with van der Waals surface area (Å²) in [5, 5.41) is 4.78. The minimum absolute atomic E-state index is 0.0940. The molecule has 0 aliphatic heterocycles. The predicted molar refractivity (Wildman–Crippen MR) is 62.4 cm³/mol. The molecule has 0 aromatic carbocycles. The molecule has 4 nitrogen and oxygen atoms in total.